The molecule has 1 aliphatic rings. The highest BCUT2D eigenvalue weighted by molar-refractivity contribution is 6.32. The van der Waals surface area contributed by atoms with Crippen LogP contribution in [0.25, 0.3) is 0 Å². The van der Waals surface area contributed by atoms with Gasteiger partial charge in [-0.1, -0.05) is 29.3 Å². The third-order valence-corrected chi connectivity index (χ3v) is 5.19. The maximum Gasteiger partial charge on any atom is 0.238 e. The van der Waals surface area contributed by atoms with E-state index in [4.69, 9.17) is 32.7 Å². The molecule has 0 saturated carbocycles. The minimum atomic E-state index is -0.115. The summed E-state index contributed by atoms with van der Waals surface area (Å²) in [5.74, 6) is 0.879. The quantitative estimate of drug-likeness (QED) is 0.765. The van der Waals surface area contributed by atoms with Crippen molar-refractivity contribution in [3.05, 3.63) is 46.4 Å². The number of benzene rings is 2. The van der Waals surface area contributed by atoms with Crippen molar-refractivity contribution in [2.75, 3.05) is 57.2 Å². The summed E-state index contributed by atoms with van der Waals surface area (Å²) in [7, 11) is 3.06. The Hall–Kier alpha value is -2.15. The molecule has 150 valence electrons. The zero-order valence-corrected chi connectivity index (χ0v) is 17.4. The van der Waals surface area contributed by atoms with Gasteiger partial charge >= 0.3 is 0 Å². The van der Waals surface area contributed by atoms with E-state index in [1.165, 1.54) is 14.2 Å². The smallest absolute Gasteiger partial charge is 0.238 e. The van der Waals surface area contributed by atoms with Crippen LogP contribution in [0.1, 0.15) is 0 Å². The molecule has 1 aliphatic heterocycles. The van der Waals surface area contributed by atoms with E-state index in [-0.39, 0.29) is 5.91 Å². The van der Waals surface area contributed by atoms with Gasteiger partial charge in [0.1, 0.15) is 11.5 Å². The van der Waals surface area contributed by atoms with E-state index >= 15 is 0 Å². The molecule has 1 saturated heterocycles. The normalized spacial score (nSPS) is 14.6. The molecule has 1 amide bonds. The number of carbonyl (C=O) groups is 1. The number of anilines is 2. The third-order valence-electron chi connectivity index (χ3n) is 4.66. The number of hydrogen-bond acceptors (Lipinski definition) is 5. The largest absolute Gasteiger partial charge is 0.495 e. The Morgan fingerprint density at radius 3 is 2.39 bits per heavy atom. The maximum atomic E-state index is 12.5. The number of amides is 1. The number of nitrogens with zero attached hydrogens (tertiary/aromatic N) is 2. The fourth-order valence-corrected chi connectivity index (χ4v) is 3.61. The van der Waals surface area contributed by atoms with Crippen LogP contribution in [0.4, 0.5) is 11.4 Å². The number of carbonyl (C=O) groups excluding carboxylic acids is 1. The summed E-state index contributed by atoms with van der Waals surface area (Å²) in [5.41, 5.74) is 1.63. The van der Waals surface area contributed by atoms with Gasteiger partial charge in [0.2, 0.25) is 5.91 Å². The molecule has 1 fully saturated rings. The van der Waals surface area contributed by atoms with Crippen molar-refractivity contribution in [2.45, 2.75) is 0 Å². The molecule has 2 aromatic rings. The van der Waals surface area contributed by atoms with Crippen LogP contribution in [-0.2, 0) is 4.79 Å². The number of hydrogen-bond donors (Lipinski definition) is 1. The second-order valence-electron chi connectivity index (χ2n) is 6.48. The van der Waals surface area contributed by atoms with E-state index in [1.54, 1.807) is 12.1 Å². The molecule has 0 radical (unpaired) electrons. The Morgan fingerprint density at radius 1 is 1.04 bits per heavy atom. The Kier molecular flexibility index (Phi) is 6.88. The van der Waals surface area contributed by atoms with E-state index in [0.717, 1.165) is 36.9 Å². The van der Waals surface area contributed by atoms with Gasteiger partial charge in [0.15, 0.2) is 0 Å². The van der Waals surface area contributed by atoms with Gasteiger partial charge in [-0.2, -0.15) is 0 Å². The molecule has 2 aromatic carbocycles. The minimum Gasteiger partial charge on any atom is -0.495 e. The predicted molar refractivity (Wildman–Crippen MR) is 113 cm³/mol. The van der Waals surface area contributed by atoms with Crippen molar-refractivity contribution in [3.8, 4) is 11.5 Å². The molecule has 3 rings (SSSR count). The van der Waals surface area contributed by atoms with Crippen LogP contribution in [0.5, 0.6) is 11.5 Å². The van der Waals surface area contributed by atoms with Gasteiger partial charge < -0.3 is 19.7 Å². The standard InChI is InChI=1S/C20H23Cl2N3O3/c1-27-18-12-19(28-2)17(11-16(18)22)23-20(26)13-24-6-8-25(9-7-24)15-5-3-4-14(21)10-15/h3-5,10-12H,6-9,13H2,1-2H3,(H,23,26). The lowest BCUT2D eigenvalue weighted by atomic mass is 10.2. The van der Waals surface area contributed by atoms with Crippen LogP contribution in [0.2, 0.25) is 10.0 Å². The van der Waals surface area contributed by atoms with Gasteiger partial charge in [-0.25, -0.2) is 0 Å². The minimum absolute atomic E-state index is 0.115. The highest BCUT2D eigenvalue weighted by Gasteiger charge is 2.20. The maximum absolute atomic E-state index is 12.5. The second-order valence-corrected chi connectivity index (χ2v) is 7.32. The Bertz CT molecular complexity index is 839. The van der Waals surface area contributed by atoms with Gasteiger partial charge in [0, 0.05) is 43.0 Å². The zero-order valence-electron chi connectivity index (χ0n) is 15.9. The van der Waals surface area contributed by atoms with Crippen LogP contribution < -0.4 is 19.7 Å². The number of halogens is 2. The average molecular weight is 424 g/mol. The highest BCUT2D eigenvalue weighted by atomic mass is 35.5. The molecule has 0 aliphatic carbocycles. The number of rotatable bonds is 6. The number of ether oxygens (including phenoxy) is 2. The van der Waals surface area contributed by atoms with Crippen LogP contribution in [0.3, 0.4) is 0 Å². The SMILES string of the molecule is COc1cc(OC)c(NC(=O)CN2CCN(c3cccc(Cl)c3)CC2)cc1Cl. The average Bonchev–Trinajstić information content (AvgIpc) is 2.69. The first kappa shape index (κ1) is 20.6. The van der Waals surface area contributed by atoms with Gasteiger partial charge in [0.25, 0.3) is 0 Å². The molecule has 28 heavy (non-hydrogen) atoms. The van der Waals surface area contributed by atoms with E-state index in [0.29, 0.717) is 28.8 Å². The molecule has 1 heterocycles. The number of nitrogens with one attached hydrogen (secondary N) is 1. The zero-order chi connectivity index (χ0) is 20.1. The summed E-state index contributed by atoms with van der Waals surface area (Å²) in [4.78, 5) is 16.9. The molecule has 0 spiro atoms. The summed E-state index contributed by atoms with van der Waals surface area (Å²) in [6, 6.07) is 11.1. The predicted octanol–water partition coefficient (Wildman–Crippen LogP) is 3.77. The van der Waals surface area contributed by atoms with Crippen LogP contribution in [0, 0.1) is 0 Å². The first-order chi connectivity index (χ1) is 13.5. The van der Waals surface area contributed by atoms with Crippen molar-refractivity contribution in [3.63, 3.8) is 0 Å². The van der Waals surface area contributed by atoms with Crippen molar-refractivity contribution in [2.24, 2.45) is 0 Å². The fraction of sp³-hybridized carbons (Fsp3) is 0.350. The molecule has 8 heteroatoms. The monoisotopic (exact) mass is 423 g/mol. The van der Waals surface area contributed by atoms with E-state index < -0.39 is 0 Å². The Labute approximate surface area is 174 Å². The van der Waals surface area contributed by atoms with Gasteiger partial charge in [-0.05, 0) is 24.3 Å². The molecule has 6 nitrogen and oxygen atoms in total. The molecule has 0 aromatic heterocycles. The summed E-state index contributed by atoms with van der Waals surface area (Å²) >= 11 is 12.2. The summed E-state index contributed by atoms with van der Waals surface area (Å²) in [5, 5.41) is 4.01. The van der Waals surface area contributed by atoms with Crippen LogP contribution >= 0.6 is 23.2 Å². The molecule has 1 N–H and O–H groups in total. The number of piperazine rings is 1. The van der Waals surface area contributed by atoms with Crippen LogP contribution in [0.15, 0.2) is 36.4 Å². The lowest BCUT2D eigenvalue weighted by molar-refractivity contribution is -0.117. The van der Waals surface area contributed by atoms with Gasteiger partial charge in [0.05, 0.1) is 31.5 Å². The highest BCUT2D eigenvalue weighted by Crippen LogP contribution is 2.35. The molecular weight excluding hydrogens is 401 g/mol. The van der Waals surface area contributed by atoms with E-state index in [9.17, 15) is 4.79 Å². The Morgan fingerprint density at radius 2 is 1.75 bits per heavy atom. The molecule has 0 unspecified atom stereocenters. The number of methoxy groups -OCH3 is 2. The van der Waals surface area contributed by atoms with Crippen molar-refractivity contribution in [1.29, 1.82) is 0 Å². The topological polar surface area (TPSA) is 54.0 Å². The second kappa shape index (κ2) is 9.37. The van der Waals surface area contributed by atoms with Gasteiger partial charge in [-0.15, -0.1) is 0 Å². The first-order valence-electron chi connectivity index (χ1n) is 8.94. The Balaban J connectivity index is 1.56. The summed E-state index contributed by atoms with van der Waals surface area (Å²) < 4.78 is 10.5. The molecular formula is C20H23Cl2N3O3. The van der Waals surface area contributed by atoms with E-state index in [1.807, 2.05) is 24.3 Å². The summed E-state index contributed by atoms with van der Waals surface area (Å²) in [6.45, 7) is 3.56. The third kappa shape index (κ3) is 5.01. The van der Waals surface area contributed by atoms with Crippen molar-refractivity contribution >= 4 is 40.5 Å². The lowest BCUT2D eigenvalue weighted by Crippen LogP contribution is -2.48. The fourth-order valence-electron chi connectivity index (χ4n) is 3.19. The van der Waals surface area contributed by atoms with Crippen molar-refractivity contribution < 1.29 is 14.3 Å². The van der Waals surface area contributed by atoms with Crippen molar-refractivity contribution in [1.82, 2.24) is 4.90 Å². The molecule has 0 bridgehead atoms. The van der Waals surface area contributed by atoms with Crippen LogP contribution in [-0.4, -0.2) is 57.8 Å². The van der Waals surface area contributed by atoms with Gasteiger partial charge in [-0.3, -0.25) is 9.69 Å². The lowest BCUT2D eigenvalue weighted by Gasteiger charge is -2.35. The van der Waals surface area contributed by atoms with E-state index in [2.05, 4.69) is 15.1 Å². The first-order valence-corrected chi connectivity index (χ1v) is 9.70. The summed E-state index contributed by atoms with van der Waals surface area (Å²) in [6.07, 6.45) is 0. The molecule has 0 atom stereocenters.